The van der Waals surface area contributed by atoms with Gasteiger partial charge in [0.2, 0.25) is 0 Å². The fourth-order valence-corrected chi connectivity index (χ4v) is 3.20. The van der Waals surface area contributed by atoms with E-state index >= 15 is 0 Å². The summed E-state index contributed by atoms with van der Waals surface area (Å²) in [6.45, 7) is 0.666. The van der Waals surface area contributed by atoms with Gasteiger partial charge in [-0.1, -0.05) is 17.2 Å². The van der Waals surface area contributed by atoms with Gasteiger partial charge in [-0.05, 0) is 36.5 Å². The molecule has 0 aromatic heterocycles. The number of nitrogens with one attached hydrogen (secondary N) is 2. The summed E-state index contributed by atoms with van der Waals surface area (Å²) in [7, 11) is 0. The van der Waals surface area contributed by atoms with Crippen LogP contribution in [0.2, 0.25) is 5.02 Å². The number of anilines is 1. The van der Waals surface area contributed by atoms with Crippen LogP contribution in [0.4, 0.5) is 10.2 Å². The molecular weight excluding hydrogens is 275 g/mol. The molecule has 1 unspecified atom stereocenters. The summed E-state index contributed by atoms with van der Waals surface area (Å²) in [4.78, 5) is 0. The van der Waals surface area contributed by atoms with Gasteiger partial charge in [0.25, 0.3) is 0 Å². The van der Waals surface area contributed by atoms with Crippen molar-refractivity contribution in [1.82, 2.24) is 5.65 Å². The normalized spacial score (nSPS) is 19.6. The zero-order valence-electron chi connectivity index (χ0n) is 9.92. The van der Waals surface area contributed by atoms with Crippen molar-refractivity contribution in [2.45, 2.75) is 12.8 Å². The predicted molar refractivity (Wildman–Crippen MR) is 74.9 cm³/mol. The van der Waals surface area contributed by atoms with Gasteiger partial charge >= 0.3 is 0 Å². The van der Waals surface area contributed by atoms with E-state index in [9.17, 15) is 4.48 Å². The van der Waals surface area contributed by atoms with Gasteiger partial charge in [0.1, 0.15) is 5.75 Å². The number of ether oxygens (including phenoxy) is 1. The smallest absolute Gasteiger partial charge is 0.140 e. The van der Waals surface area contributed by atoms with Crippen molar-refractivity contribution in [3.63, 3.8) is 0 Å². The van der Waals surface area contributed by atoms with Crippen molar-refractivity contribution in [3.8, 4) is 5.75 Å². The molecule has 1 aliphatic heterocycles. The molecule has 0 bridgehead atoms. The Kier molecular flexibility index (Phi) is 5.41. The molecule has 0 saturated carbocycles. The molecule has 100 valence electrons. The van der Waals surface area contributed by atoms with Gasteiger partial charge in [-0.2, -0.15) is 11.8 Å². The lowest BCUT2D eigenvalue weighted by molar-refractivity contribution is 0.252. The Hall–Kier alpha value is -0.650. The van der Waals surface area contributed by atoms with Crippen LogP contribution in [0.5, 0.6) is 5.75 Å². The molecule has 0 aliphatic carbocycles. The van der Waals surface area contributed by atoms with Gasteiger partial charge in [0.05, 0.1) is 17.3 Å². The number of halogens is 2. The maximum Gasteiger partial charge on any atom is 0.140 e. The average Bonchev–Trinajstić information content (AvgIpc) is 2.41. The molecular formula is C12H16ClFN2OS. The molecule has 1 heterocycles. The molecule has 0 radical (unpaired) electrons. The lowest BCUT2D eigenvalue weighted by atomic mass is 10.1. The van der Waals surface area contributed by atoms with Gasteiger partial charge < -0.3 is 4.74 Å². The number of hydrogen-bond acceptors (Lipinski definition) is 4. The van der Waals surface area contributed by atoms with Crippen molar-refractivity contribution in [1.29, 1.82) is 0 Å². The van der Waals surface area contributed by atoms with Crippen molar-refractivity contribution in [2.24, 2.45) is 5.92 Å². The van der Waals surface area contributed by atoms with E-state index in [4.69, 9.17) is 16.3 Å². The maximum atomic E-state index is 12.0. The van der Waals surface area contributed by atoms with E-state index in [1.54, 1.807) is 18.2 Å². The van der Waals surface area contributed by atoms with Crippen LogP contribution < -0.4 is 15.8 Å². The average molecular weight is 291 g/mol. The first-order valence-corrected chi connectivity index (χ1v) is 7.44. The van der Waals surface area contributed by atoms with Crippen LogP contribution in [0.3, 0.4) is 0 Å². The first kappa shape index (κ1) is 13.8. The fourth-order valence-electron chi connectivity index (χ4n) is 1.89. The molecule has 1 aromatic carbocycles. The molecule has 18 heavy (non-hydrogen) atoms. The van der Waals surface area contributed by atoms with Crippen LogP contribution in [-0.4, -0.2) is 18.1 Å². The minimum Gasteiger partial charge on any atom is -0.492 e. The highest BCUT2D eigenvalue weighted by atomic mass is 35.5. The lowest BCUT2D eigenvalue weighted by Gasteiger charge is -2.21. The second-order valence-electron chi connectivity index (χ2n) is 4.26. The molecule has 0 amide bonds. The van der Waals surface area contributed by atoms with E-state index in [2.05, 4.69) is 5.43 Å². The largest absolute Gasteiger partial charge is 0.492 e. The molecule has 2 rings (SSSR count). The molecule has 1 fully saturated rings. The zero-order valence-corrected chi connectivity index (χ0v) is 11.5. The molecule has 3 nitrogen and oxygen atoms in total. The SMILES string of the molecule is FNNc1ccc(Cl)c(OCC2CCCSC2)c1. The van der Waals surface area contributed by atoms with Gasteiger partial charge in [-0.3, -0.25) is 5.43 Å². The highest BCUT2D eigenvalue weighted by Gasteiger charge is 2.15. The summed E-state index contributed by atoms with van der Waals surface area (Å²) < 4.78 is 17.7. The van der Waals surface area contributed by atoms with Crippen LogP contribution in [-0.2, 0) is 0 Å². The first-order chi connectivity index (χ1) is 8.79. The quantitative estimate of drug-likeness (QED) is 0.640. The minimum atomic E-state index is 0.544. The Labute approximate surface area is 115 Å². The molecule has 2 N–H and O–H groups in total. The Morgan fingerprint density at radius 1 is 1.50 bits per heavy atom. The Bertz CT molecular complexity index is 388. The maximum absolute atomic E-state index is 12.0. The van der Waals surface area contributed by atoms with E-state index in [0.29, 0.717) is 29.0 Å². The summed E-state index contributed by atoms with van der Waals surface area (Å²) in [5.74, 6) is 3.56. The third kappa shape index (κ3) is 3.93. The van der Waals surface area contributed by atoms with E-state index < -0.39 is 0 Å². The fraction of sp³-hybridized carbons (Fsp3) is 0.500. The second-order valence-corrected chi connectivity index (χ2v) is 5.82. The summed E-state index contributed by atoms with van der Waals surface area (Å²) in [5, 5.41) is 0.544. The topological polar surface area (TPSA) is 33.3 Å². The van der Waals surface area contributed by atoms with Gasteiger partial charge in [0, 0.05) is 12.0 Å². The lowest BCUT2D eigenvalue weighted by Crippen LogP contribution is -2.18. The number of hydrazine groups is 1. The van der Waals surface area contributed by atoms with Crippen molar-refractivity contribution in [2.75, 3.05) is 23.5 Å². The van der Waals surface area contributed by atoms with Crippen molar-refractivity contribution >= 4 is 29.1 Å². The number of thioether (sulfide) groups is 1. The highest BCUT2D eigenvalue weighted by Crippen LogP contribution is 2.29. The molecule has 6 heteroatoms. The van der Waals surface area contributed by atoms with Crippen molar-refractivity contribution < 1.29 is 9.22 Å². The van der Waals surface area contributed by atoms with Crippen LogP contribution in [0, 0.1) is 5.92 Å². The molecule has 1 atom stereocenters. The van der Waals surface area contributed by atoms with Crippen LogP contribution >= 0.6 is 23.4 Å². The predicted octanol–water partition coefficient (Wildman–Crippen LogP) is 3.66. The van der Waals surface area contributed by atoms with Gasteiger partial charge in [-0.25, -0.2) is 0 Å². The number of benzene rings is 1. The summed E-state index contributed by atoms with van der Waals surface area (Å²) in [6.07, 6.45) is 2.45. The van der Waals surface area contributed by atoms with E-state index in [1.807, 2.05) is 11.8 Å². The first-order valence-electron chi connectivity index (χ1n) is 5.91. The Morgan fingerprint density at radius 3 is 3.11 bits per heavy atom. The molecule has 1 aromatic rings. The monoisotopic (exact) mass is 290 g/mol. The Balaban J connectivity index is 1.92. The minimum absolute atomic E-state index is 0.544. The highest BCUT2D eigenvalue weighted by molar-refractivity contribution is 7.99. The zero-order chi connectivity index (χ0) is 12.8. The van der Waals surface area contributed by atoms with E-state index in [-0.39, 0.29) is 0 Å². The van der Waals surface area contributed by atoms with Crippen LogP contribution in [0.1, 0.15) is 12.8 Å². The summed E-state index contributed by atoms with van der Waals surface area (Å²) in [6, 6.07) is 5.05. The summed E-state index contributed by atoms with van der Waals surface area (Å²) in [5.41, 5.74) is 4.32. The number of rotatable bonds is 5. The standard InChI is InChI=1S/C12H16ClFN2OS/c13-11-4-3-10(15-16-14)6-12(11)17-7-9-2-1-5-18-8-9/h3-4,6,9,15-16H,1-2,5,7-8H2. The molecule has 1 saturated heterocycles. The van der Waals surface area contributed by atoms with Crippen LogP contribution in [0.25, 0.3) is 0 Å². The van der Waals surface area contributed by atoms with Gasteiger partial charge in [-0.15, -0.1) is 4.48 Å². The summed E-state index contributed by atoms with van der Waals surface area (Å²) >= 11 is 8.01. The Morgan fingerprint density at radius 2 is 2.39 bits per heavy atom. The van der Waals surface area contributed by atoms with E-state index in [0.717, 1.165) is 5.75 Å². The van der Waals surface area contributed by atoms with Crippen LogP contribution in [0.15, 0.2) is 18.2 Å². The molecule has 1 aliphatic rings. The van der Waals surface area contributed by atoms with Crippen molar-refractivity contribution in [3.05, 3.63) is 23.2 Å². The van der Waals surface area contributed by atoms with Gasteiger partial charge in [0.15, 0.2) is 0 Å². The van der Waals surface area contributed by atoms with E-state index in [1.165, 1.54) is 24.2 Å². The second kappa shape index (κ2) is 7.07. The third-order valence-corrected chi connectivity index (χ3v) is 4.45. The number of hydrogen-bond donors (Lipinski definition) is 2. The third-order valence-electron chi connectivity index (χ3n) is 2.85. The molecule has 0 spiro atoms.